The third-order valence-electron chi connectivity index (χ3n) is 6.08. The Bertz CT molecular complexity index is 694. The lowest BCUT2D eigenvalue weighted by atomic mass is 9.80. The number of likely N-dealkylation sites (tertiary alicyclic amines) is 1. The van der Waals surface area contributed by atoms with Crippen LogP contribution in [-0.4, -0.2) is 35.4 Å². The quantitative estimate of drug-likeness (QED) is 0.899. The Labute approximate surface area is 148 Å². The van der Waals surface area contributed by atoms with Gasteiger partial charge in [0.15, 0.2) is 0 Å². The number of piperidine rings is 1. The van der Waals surface area contributed by atoms with Gasteiger partial charge < -0.3 is 15.0 Å². The van der Waals surface area contributed by atoms with Crippen molar-refractivity contribution in [2.75, 3.05) is 13.1 Å². The largest absolute Gasteiger partial charge is 0.487 e. The van der Waals surface area contributed by atoms with Crippen molar-refractivity contribution in [3.8, 4) is 5.75 Å². The van der Waals surface area contributed by atoms with Crippen LogP contribution in [0.5, 0.6) is 5.75 Å². The van der Waals surface area contributed by atoms with Crippen LogP contribution in [0.25, 0.3) is 0 Å². The molecule has 1 saturated carbocycles. The van der Waals surface area contributed by atoms with Crippen LogP contribution in [0.15, 0.2) is 24.3 Å². The first-order valence-corrected chi connectivity index (χ1v) is 9.31. The Morgan fingerprint density at radius 3 is 2.56 bits per heavy atom. The second-order valence-electron chi connectivity index (χ2n) is 7.91. The Morgan fingerprint density at radius 1 is 1.24 bits per heavy atom. The number of ether oxygens (including phenoxy) is 1. The normalized spacial score (nSPS) is 29.5. The van der Waals surface area contributed by atoms with E-state index in [1.165, 1.54) is 0 Å². The summed E-state index contributed by atoms with van der Waals surface area (Å²) in [5.41, 5.74) is 0.789. The third-order valence-corrected chi connectivity index (χ3v) is 6.08. The molecule has 5 heteroatoms. The van der Waals surface area contributed by atoms with Crippen molar-refractivity contribution in [3.05, 3.63) is 29.8 Å². The van der Waals surface area contributed by atoms with Gasteiger partial charge in [-0.2, -0.15) is 0 Å². The zero-order chi connectivity index (χ0) is 17.6. The molecule has 0 bridgehead atoms. The van der Waals surface area contributed by atoms with Gasteiger partial charge in [0, 0.05) is 50.8 Å². The highest BCUT2D eigenvalue weighted by molar-refractivity contribution is 5.82. The fourth-order valence-corrected chi connectivity index (χ4v) is 4.25. The number of carbonyl (C=O) groups is 2. The molecule has 1 aromatic rings. The fourth-order valence-electron chi connectivity index (χ4n) is 4.25. The van der Waals surface area contributed by atoms with Crippen LogP contribution < -0.4 is 10.1 Å². The van der Waals surface area contributed by atoms with E-state index in [1.54, 1.807) is 6.92 Å². The molecule has 3 unspecified atom stereocenters. The van der Waals surface area contributed by atoms with Gasteiger partial charge in [0.2, 0.25) is 11.8 Å². The van der Waals surface area contributed by atoms with E-state index in [9.17, 15) is 9.59 Å². The average molecular weight is 342 g/mol. The number of fused-ring (bicyclic) bond motifs is 1. The number of hydrogen-bond donors (Lipinski definition) is 1. The van der Waals surface area contributed by atoms with Gasteiger partial charge in [0.25, 0.3) is 0 Å². The third kappa shape index (κ3) is 3.12. The van der Waals surface area contributed by atoms with Crippen LogP contribution in [0.2, 0.25) is 0 Å². The van der Waals surface area contributed by atoms with Crippen LogP contribution in [0.3, 0.4) is 0 Å². The second-order valence-corrected chi connectivity index (χ2v) is 7.91. The summed E-state index contributed by atoms with van der Waals surface area (Å²) in [4.78, 5) is 26.0. The molecule has 2 aliphatic heterocycles. The molecule has 134 valence electrons. The van der Waals surface area contributed by atoms with Crippen molar-refractivity contribution in [1.82, 2.24) is 10.2 Å². The summed E-state index contributed by atoms with van der Waals surface area (Å²) in [6.45, 7) is 5.19. The molecule has 25 heavy (non-hydrogen) atoms. The van der Waals surface area contributed by atoms with E-state index in [1.807, 2.05) is 29.2 Å². The van der Waals surface area contributed by atoms with E-state index in [-0.39, 0.29) is 29.4 Å². The number of rotatable bonds is 2. The average Bonchev–Trinajstić information content (AvgIpc) is 3.32. The van der Waals surface area contributed by atoms with E-state index in [0.717, 1.165) is 50.1 Å². The minimum absolute atomic E-state index is 0.00544. The molecule has 1 aromatic carbocycles. The molecule has 1 N–H and O–H groups in total. The Balaban J connectivity index is 1.54. The van der Waals surface area contributed by atoms with Crippen molar-refractivity contribution in [2.45, 2.75) is 51.2 Å². The lowest BCUT2D eigenvalue weighted by Gasteiger charge is -2.46. The molecular formula is C20H26N2O3. The zero-order valence-corrected chi connectivity index (χ0v) is 15.0. The number of nitrogens with zero attached hydrogens (tertiary/aromatic N) is 1. The van der Waals surface area contributed by atoms with E-state index in [0.29, 0.717) is 5.92 Å². The summed E-state index contributed by atoms with van der Waals surface area (Å²) in [5, 5.41) is 3.27. The van der Waals surface area contributed by atoms with Crippen LogP contribution >= 0.6 is 0 Å². The van der Waals surface area contributed by atoms with Gasteiger partial charge >= 0.3 is 0 Å². The number of para-hydroxylation sites is 1. The highest BCUT2D eigenvalue weighted by atomic mass is 16.5. The Hall–Kier alpha value is -2.04. The van der Waals surface area contributed by atoms with Crippen LogP contribution in [0.1, 0.15) is 51.1 Å². The first kappa shape index (κ1) is 16.4. The first-order valence-electron chi connectivity index (χ1n) is 9.31. The number of carbonyl (C=O) groups excluding carboxylic acids is 2. The summed E-state index contributed by atoms with van der Waals surface area (Å²) >= 11 is 0. The highest BCUT2D eigenvalue weighted by Crippen LogP contribution is 2.45. The van der Waals surface area contributed by atoms with E-state index in [4.69, 9.17) is 4.74 Å². The smallest absolute Gasteiger partial charge is 0.223 e. The maximum absolute atomic E-state index is 12.5. The molecule has 0 aromatic heterocycles. The molecule has 2 amide bonds. The van der Waals surface area contributed by atoms with Crippen molar-refractivity contribution in [1.29, 1.82) is 0 Å². The minimum Gasteiger partial charge on any atom is -0.487 e. The van der Waals surface area contributed by atoms with Gasteiger partial charge in [-0.05, 0) is 18.4 Å². The number of amides is 2. The van der Waals surface area contributed by atoms with Gasteiger partial charge in [-0.25, -0.2) is 0 Å². The summed E-state index contributed by atoms with van der Waals surface area (Å²) in [6, 6.07) is 8.01. The number of nitrogens with one attached hydrogen (secondary N) is 1. The molecule has 1 saturated heterocycles. The summed E-state index contributed by atoms with van der Waals surface area (Å²) < 4.78 is 6.41. The standard InChI is InChI=1S/C20H26N2O3/c1-13-11-16(13)19(24)21-17-12-20(7-9-22(10-8-20)14(2)23)25-18-6-4-3-5-15(17)18/h3-6,13,16-17H,7-12H2,1-2H3,(H,21,24). The van der Waals surface area contributed by atoms with E-state index < -0.39 is 0 Å². The van der Waals surface area contributed by atoms with Crippen molar-refractivity contribution >= 4 is 11.8 Å². The maximum Gasteiger partial charge on any atom is 0.223 e. The first-order chi connectivity index (χ1) is 12.0. The second kappa shape index (κ2) is 6.04. The van der Waals surface area contributed by atoms with Crippen molar-refractivity contribution in [2.24, 2.45) is 11.8 Å². The van der Waals surface area contributed by atoms with Crippen LogP contribution in [0, 0.1) is 11.8 Å². The van der Waals surface area contributed by atoms with Crippen LogP contribution in [-0.2, 0) is 9.59 Å². The Kier molecular flexibility index (Phi) is 3.97. The molecule has 3 aliphatic rings. The predicted octanol–water partition coefficient (Wildman–Crippen LogP) is 2.66. The predicted molar refractivity (Wildman–Crippen MR) is 94.1 cm³/mol. The zero-order valence-electron chi connectivity index (χ0n) is 15.0. The minimum atomic E-state index is -0.284. The molecule has 4 rings (SSSR count). The van der Waals surface area contributed by atoms with Gasteiger partial charge in [-0.15, -0.1) is 0 Å². The van der Waals surface area contributed by atoms with Crippen molar-refractivity contribution in [3.63, 3.8) is 0 Å². The topological polar surface area (TPSA) is 58.6 Å². The van der Waals surface area contributed by atoms with Crippen molar-refractivity contribution < 1.29 is 14.3 Å². The van der Waals surface area contributed by atoms with Gasteiger partial charge in [-0.3, -0.25) is 9.59 Å². The molecule has 2 heterocycles. The van der Waals surface area contributed by atoms with E-state index in [2.05, 4.69) is 12.2 Å². The molecular weight excluding hydrogens is 316 g/mol. The Morgan fingerprint density at radius 2 is 1.92 bits per heavy atom. The lowest BCUT2D eigenvalue weighted by Crippen LogP contribution is -2.53. The summed E-state index contributed by atoms with van der Waals surface area (Å²) in [7, 11) is 0. The maximum atomic E-state index is 12.5. The SMILES string of the molecule is CC(=O)N1CCC2(CC1)CC(NC(=O)C1CC1C)c1ccccc1O2. The molecule has 1 spiro atoms. The monoisotopic (exact) mass is 342 g/mol. The lowest BCUT2D eigenvalue weighted by molar-refractivity contribution is -0.133. The number of benzene rings is 1. The molecule has 0 radical (unpaired) electrons. The molecule has 3 atom stereocenters. The molecule has 1 aliphatic carbocycles. The summed E-state index contributed by atoms with van der Waals surface area (Å²) in [6.07, 6.45) is 3.40. The van der Waals surface area contributed by atoms with E-state index >= 15 is 0 Å². The van der Waals surface area contributed by atoms with Gasteiger partial charge in [0.05, 0.1) is 6.04 Å². The van der Waals surface area contributed by atoms with Gasteiger partial charge in [0.1, 0.15) is 11.4 Å². The molecule has 5 nitrogen and oxygen atoms in total. The highest BCUT2D eigenvalue weighted by Gasteiger charge is 2.46. The number of hydrogen-bond acceptors (Lipinski definition) is 3. The fraction of sp³-hybridized carbons (Fsp3) is 0.600. The van der Waals surface area contributed by atoms with Crippen LogP contribution in [0.4, 0.5) is 0 Å². The summed E-state index contributed by atoms with van der Waals surface area (Å²) in [5.74, 6) is 1.84. The molecule has 2 fully saturated rings. The van der Waals surface area contributed by atoms with Gasteiger partial charge in [-0.1, -0.05) is 25.1 Å².